The maximum absolute atomic E-state index is 13.3. The van der Waals surface area contributed by atoms with Crippen molar-refractivity contribution in [3.63, 3.8) is 0 Å². The molecule has 0 amide bonds. The number of hydrogen-bond donors (Lipinski definition) is 2. The summed E-state index contributed by atoms with van der Waals surface area (Å²) in [4.78, 5) is 15.6. The number of rotatable bonds is 4. The van der Waals surface area contributed by atoms with Crippen LogP contribution in [0, 0.1) is 12.7 Å². The maximum atomic E-state index is 13.3. The molecular formula is C21H15FN2O2S. The Kier molecular flexibility index (Phi) is 4.33. The number of anilines is 2. The van der Waals surface area contributed by atoms with Gasteiger partial charge in [-0.15, -0.1) is 0 Å². The third-order valence-electron chi connectivity index (χ3n) is 4.28. The lowest BCUT2D eigenvalue weighted by Gasteiger charge is -2.07. The quantitative estimate of drug-likeness (QED) is 0.467. The zero-order chi connectivity index (χ0) is 19.0. The Morgan fingerprint density at radius 2 is 1.78 bits per heavy atom. The van der Waals surface area contributed by atoms with Gasteiger partial charge in [-0.1, -0.05) is 35.6 Å². The minimum absolute atomic E-state index is 0.272. The Morgan fingerprint density at radius 3 is 2.48 bits per heavy atom. The van der Waals surface area contributed by atoms with Gasteiger partial charge in [0.25, 0.3) is 0 Å². The number of carboxylic acid groups (broad SMARTS) is 1. The van der Waals surface area contributed by atoms with E-state index in [4.69, 9.17) is 5.11 Å². The summed E-state index contributed by atoms with van der Waals surface area (Å²) >= 11 is 1.40. The first-order valence-electron chi connectivity index (χ1n) is 8.27. The fourth-order valence-electron chi connectivity index (χ4n) is 2.90. The summed E-state index contributed by atoms with van der Waals surface area (Å²) in [5.74, 6) is -1.19. The molecule has 1 heterocycles. The summed E-state index contributed by atoms with van der Waals surface area (Å²) in [7, 11) is 0. The molecule has 0 fully saturated rings. The van der Waals surface area contributed by atoms with Gasteiger partial charge in [0.15, 0.2) is 5.13 Å². The number of carbonyl (C=O) groups is 1. The standard InChI is InChI=1S/C21H15FN2O2S/c1-12-10-14(4-8-17(12)20(25)26)13-2-6-16(7-3-13)23-21-24-18-9-5-15(22)11-19(18)27-21/h2-11H,1H3,(H,23,24)(H,25,26). The van der Waals surface area contributed by atoms with E-state index >= 15 is 0 Å². The molecular weight excluding hydrogens is 363 g/mol. The van der Waals surface area contributed by atoms with E-state index in [2.05, 4.69) is 10.3 Å². The minimum atomic E-state index is -0.922. The molecule has 0 atom stereocenters. The molecule has 27 heavy (non-hydrogen) atoms. The molecule has 134 valence electrons. The Labute approximate surface area is 158 Å². The summed E-state index contributed by atoms with van der Waals surface area (Å²) in [6, 6.07) is 17.6. The molecule has 4 nitrogen and oxygen atoms in total. The van der Waals surface area contributed by atoms with E-state index in [1.54, 1.807) is 25.1 Å². The molecule has 0 bridgehead atoms. The highest BCUT2D eigenvalue weighted by Gasteiger charge is 2.09. The van der Waals surface area contributed by atoms with E-state index in [1.807, 2.05) is 30.3 Å². The van der Waals surface area contributed by atoms with E-state index in [1.165, 1.54) is 23.5 Å². The number of hydrogen-bond acceptors (Lipinski definition) is 4. The van der Waals surface area contributed by atoms with E-state index in [-0.39, 0.29) is 5.82 Å². The van der Waals surface area contributed by atoms with E-state index < -0.39 is 5.97 Å². The number of aryl methyl sites for hydroxylation is 1. The van der Waals surface area contributed by atoms with Crippen molar-refractivity contribution in [3.8, 4) is 11.1 Å². The average Bonchev–Trinajstić information content (AvgIpc) is 3.03. The Morgan fingerprint density at radius 1 is 1.04 bits per heavy atom. The molecule has 0 saturated heterocycles. The summed E-state index contributed by atoms with van der Waals surface area (Å²) in [6.45, 7) is 1.79. The van der Waals surface area contributed by atoms with Crippen LogP contribution >= 0.6 is 11.3 Å². The number of halogens is 1. The van der Waals surface area contributed by atoms with E-state index in [0.717, 1.165) is 32.6 Å². The van der Waals surface area contributed by atoms with Crippen LogP contribution in [0.4, 0.5) is 15.2 Å². The summed E-state index contributed by atoms with van der Waals surface area (Å²) in [6.07, 6.45) is 0. The van der Waals surface area contributed by atoms with E-state index in [0.29, 0.717) is 10.7 Å². The molecule has 0 aliphatic rings. The molecule has 0 unspecified atom stereocenters. The Bertz CT molecular complexity index is 1150. The van der Waals surface area contributed by atoms with Crippen molar-refractivity contribution in [2.24, 2.45) is 0 Å². The van der Waals surface area contributed by atoms with Crippen molar-refractivity contribution in [2.75, 3.05) is 5.32 Å². The van der Waals surface area contributed by atoms with Crippen LogP contribution in [0.1, 0.15) is 15.9 Å². The number of nitrogens with zero attached hydrogens (tertiary/aromatic N) is 1. The third kappa shape index (κ3) is 3.52. The van der Waals surface area contributed by atoms with Gasteiger partial charge in [0, 0.05) is 5.69 Å². The Balaban J connectivity index is 1.56. The maximum Gasteiger partial charge on any atom is 0.335 e. The van der Waals surface area contributed by atoms with Gasteiger partial charge in [0.05, 0.1) is 15.8 Å². The van der Waals surface area contributed by atoms with Gasteiger partial charge in [-0.25, -0.2) is 14.2 Å². The average molecular weight is 378 g/mol. The lowest BCUT2D eigenvalue weighted by molar-refractivity contribution is 0.0696. The van der Waals surface area contributed by atoms with Gasteiger partial charge in [-0.3, -0.25) is 0 Å². The van der Waals surface area contributed by atoms with Gasteiger partial charge in [0.2, 0.25) is 0 Å². The second-order valence-corrected chi connectivity index (χ2v) is 7.20. The highest BCUT2D eigenvalue weighted by Crippen LogP contribution is 2.30. The molecule has 1 aromatic heterocycles. The van der Waals surface area contributed by atoms with Gasteiger partial charge in [0.1, 0.15) is 5.82 Å². The number of nitrogens with one attached hydrogen (secondary N) is 1. The van der Waals surface area contributed by atoms with Gasteiger partial charge in [-0.2, -0.15) is 0 Å². The number of aromatic nitrogens is 1. The fourth-order valence-corrected chi connectivity index (χ4v) is 3.82. The molecule has 0 radical (unpaired) electrons. The zero-order valence-corrected chi connectivity index (χ0v) is 15.2. The first kappa shape index (κ1) is 17.2. The van der Waals surface area contributed by atoms with Crippen molar-refractivity contribution in [2.45, 2.75) is 6.92 Å². The van der Waals surface area contributed by atoms with Crippen molar-refractivity contribution < 1.29 is 14.3 Å². The van der Waals surface area contributed by atoms with Gasteiger partial charge in [-0.05, 0) is 60.0 Å². The molecule has 0 aliphatic carbocycles. The van der Waals surface area contributed by atoms with Crippen LogP contribution in [0.15, 0.2) is 60.7 Å². The molecule has 0 saturated carbocycles. The number of thiazole rings is 1. The lowest BCUT2D eigenvalue weighted by Crippen LogP contribution is -1.99. The van der Waals surface area contributed by atoms with Crippen LogP contribution < -0.4 is 5.32 Å². The van der Waals surface area contributed by atoms with Crippen molar-refractivity contribution in [3.05, 3.63) is 77.6 Å². The van der Waals surface area contributed by atoms with Gasteiger partial charge < -0.3 is 10.4 Å². The van der Waals surface area contributed by atoms with Crippen molar-refractivity contribution in [1.29, 1.82) is 0 Å². The molecule has 2 N–H and O–H groups in total. The van der Waals surface area contributed by atoms with Crippen LogP contribution in [0.2, 0.25) is 0 Å². The third-order valence-corrected chi connectivity index (χ3v) is 5.21. The number of aromatic carboxylic acids is 1. The second kappa shape index (κ2) is 6.81. The highest BCUT2D eigenvalue weighted by atomic mass is 32.1. The van der Waals surface area contributed by atoms with Crippen molar-refractivity contribution in [1.82, 2.24) is 4.98 Å². The van der Waals surface area contributed by atoms with Crippen LogP contribution in [0.5, 0.6) is 0 Å². The molecule has 0 aliphatic heterocycles. The summed E-state index contributed by atoms with van der Waals surface area (Å²) in [5.41, 5.74) is 4.62. The summed E-state index contributed by atoms with van der Waals surface area (Å²) in [5, 5.41) is 13.1. The first-order valence-corrected chi connectivity index (χ1v) is 9.09. The monoisotopic (exact) mass is 378 g/mol. The van der Waals surface area contributed by atoms with Gasteiger partial charge >= 0.3 is 5.97 Å². The van der Waals surface area contributed by atoms with Crippen LogP contribution in [-0.2, 0) is 0 Å². The van der Waals surface area contributed by atoms with E-state index in [9.17, 15) is 9.18 Å². The second-order valence-electron chi connectivity index (χ2n) is 6.17. The zero-order valence-electron chi connectivity index (χ0n) is 14.4. The molecule has 6 heteroatoms. The van der Waals surface area contributed by atoms with Crippen LogP contribution in [-0.4, -0.2) is 16.1 Å². The highest BCUT2D eigenvalue weighted by molar-refractivity contribution is 7.22. The van der Waals surface area contributed by atoms with Crippen molar-refractivity contribution >= 4 is 38.3 Å². The number of carboxylic acids is 1. The normalized spacial score (nSPS) is 10.9. The topological polar surface area (TPSA) is 62.2 Å². The largest absolute Gasteiger partial charge is 0.478 e. The predicted octanol–water partition coefficient (Wildman–Crippen LogP) is 5.85. The SMILES string of the molecule is Cc1cc(-c2ccc(Nc3nc4ccc(F)cc4s3)cc2)ccc1C(=O)O. The smallest absolute Gasteiger partial charge is 0.335 e. The molecule has 3 aromatic carbocycles. The first-order chi connectivity index (χ1) is 13.0. The minimum Gasteiger partial charge on any atom is -0.478 e. The molecule has 4 aromatic rings. The van der Waals surface area contributed by atoms with Crippen LogP contribution in [0.25, 0.3) is 21.3 Å². The number of fused-ring (bicyclic) bond motifs is 1. The lowest BCUT2D eigenvalue weighted by atomic mass is 10.00. The summed E-state index contributed by atoms with van der Waals surface area (Å²) < 4.78 is 14.1. The number of benzene rings is 3. The predicted molar refractivity (Wildman–Crippen MR) is 106 cm³/mol. The van der Waals surface area contributed by atoms with Crippen LogP contribution in [0.3, 0.4) is 0 Å². The fraction of sp³-hybridized carbons (Fsp3) is 0.0476. The molecule has 0 spiro atoms. The Hall–Kier alpha value is -3.25. The molecule has 4 rings (SSSR count).